The first-order chi connectivity index (χ1) is 14.0. The Balaban J connectivity index is 2.57. The lowest BCUT2D eigenvalue weighted by Gasteiger charge is -2.22. The molecule has 2 aromatic rings. The first-order valence-electron chi connectivity index (χ1n) is 8.95. The zero-order chi connectivity index (χ0) is 22.5. The van der Waals surface area contributed by atoms with E-state index >= 15 is 0 Å². The summed E-state index contributed by atoms with van der Waals surface area (Å²) in [6, 6.07) is 8.78. The van der Waals surface area contributed by atoms with Gasteiger partial charge in [-0.05, 0) is 26.3 Å². The van der Waals surface area contributed by atoms with Gasteiger partial charge in [-0.15, -0.1) is 0 Å². The Labute approximate surface area is 172 Å². The summed E-state index contributed by atoms with van der Waals surface area (Å²) in [4.78, 5) is 48.9. The lowest BCUT2D eigenvalue weighted by Crippen LogP contribution is -2.37. The number of amides is 2. The van der Waals surface area contributed by atoms with Crippen LogP contribution in [0.3, 0.4) is 0 Å². The fraction of sp³-hybridized carbons (Fsp3) is 0.300. The van der Waals surface area contributed by atoms with E-state index in [4.69, 9.17) is 9.47 Å². The number of pyridine rings is 1. The molecule has 0 atom stereocenters. The van der Waals surface area contributed by atoms with Gasteiger partial charge in [0.05, 0.1) is 0 Å². The summed E-state index contributed by atoms with van der Waals surface area (Å²) in [6.45, 7) is 4.80. The first kappa shape index (κ1) is 22.5. The summed E-state index contributed by atoms with van der Waals surface area (Å²) in [5.41, 5.74) is 0.0206. The summed E-state index contributed by atoms with van der Waals surface area (Å²) in [5, 5.41) is 11.7. The maximum absolute atomic E-state index is 12.7. The number of hydrogen-bond donors (Lipinski definition) is 3. The number of carboxylic acids is 1. The molecule has 0 saturated heterocycles. The molecule has 160 valence electrons. The zero-order valence-electron chi connectivity index (χ0n) is 17.0. The van der Waals surface area contributed by atoms with E-state index in [2.05, 4.69) is 10.7 Å². The molecule has 1 aromatic carbocycles. The highest BCUT2D eigenvalue weighted by atomic mass is 16.6. The van der Waals surface area contributed by atoms with Crippen LogP contribution in [0.5, 0.6) is 5.75 Å². The summed E-state index contributed by atoms with van der Waals surface area (Å²) in [7, 11) is 1.32. The van der Waals surface area contributed by atoms with Gasteiger partial charge in [0.25, 0.3) is 5.91 Å². The van der Waals surface area contributed by atoms with Crippen molar-refractivity contribution in [2.24, 2.45) is 0 Å². The number of carboxylic acid groups (broad SMARTS) is 1. The van der Waals surface area contributed by atoms with E-state index in [0.29, 0.717) is 5.56 Å². The SMILES string of the molecule is CNC(=O)c1c(OCc2ccccc2)c(=O)c(C(=O)O)cn1NC(=O)OC(C)(C)C. The van der Waals surface area contributed by atoms with Crippen molar-refractivity contribution >= 4 is 18.0 Å². The van der Waals surface area contributed by atoms with Crippen LogP contribution in [0.25, 0.3) is 0 Å². The van der Waals surface area contributed by atoms with Crippen LogP contribution >= 0.6 is 0 Å². The molecule has 2 rings (SSSR count). The van der Waals surface area contributed by atoms with Gasteiger partial charge < -0.3 is 19.9 Å². The summed E-state index contributed by atoms with van der Waals surface area (Å²) in [5.74, 6) is -2.84. The van der Waals surface area contributed by atoms with Crippen molar-refractivity contribution in [1.82, 2.24) is 9.99 Å². The molecule has 0 aliphatic carbocycles. The van der Waals surface area contributed by atoms with Crippen molar-refractivity contribution in [3.05, 3.63) is 63.6 Å². The Hall–Kier alpha value is -3.82. The van der Waals surface area contributed by atoms with Crippen LogP contribution in [0.4, 0.5) is 4.79 Å². The summed E-state index contributed by atoms with van der Waals surface area (Å²) in [6.07, 6.45) is -0.129. The predicted octanol–water partition coefficient (Wildman–Crippen LogP) is 1.96. The van der Waals surface area contributed by atoms with E-state index in [0.717, 1.165) is 10.9 Å². The van der Waals surface area contributed by atoms with Crippen molar-refractivity contribution in [1.29, 1.82) is 0 Å². The highest BCUT2D eigenvalue weighted by molar-refractivity contribution is 5.97. The molecule has 0 saturated carbocycles. The topological polar surface area (TPSA) is 136 Å². The van der Waals surface area contributed by atoms with E-state index < -0.39 is 40.3 Å². The number of nitrogens with one attached hydrogen (secondary N) is 2. The van der Waals surface area contributed by atoms with Gasteiger partial charge in [0.15, 0.2) is 11.4 Å². The molecule has 0 spiro atoms. The molecule has 0 bridgehead atoms. The minimum atomic E-state index is -1.55. The fourth-order valence-electron chi connectivity index (χ4n) is 2.43. The molecule has 0 aliphatic rings. The Morgan fingerprint density at radius 2 is 1.77 bits per heavy atom. The molecule has 0 unspecified atom stereocenters. The number of hydrogen-bond acceptors (Lipinski definition) is 6. The number of benzene rings is 1. The lowest BCUT2D eigenvalue weighted by molar-refractivity contribution is 0.0607. The average Bonchev–Trinajstić information content (AvgIpc) is 2.66. The van der Waals surface area contributed by atoms with Gasteiger partial charge in [-0.2, -0.15) is 0 Å². The molecule has 0 fully saturated rings. The maximum Gasteiger partial charge on any atom is 0.426 e. The van der Waals surface area contributed by atoms with Gasteiger partial charge in [0.1, 0.15) is 17.8 Å². The Kier molecular flexibility index (Phi) is 6.83. The Morgan fingerprint density at radius 1 is 1.13 bits per heavy atom. The number of rotatable bonds is 6. The van der Waals surface area contributed by atoms with Crippen LogP contribution in [-0.2, 0) is 11.3 Å². The molecule has 1 heterocycles. The number of nitrogens with zero attached hydrogens (tertiary/aromatic N) is 1. The van der Waals surface area contributed by atoms with Gasteiger partial charge in [0, 0.05) is 13.2 Å². The molecule has 2 amide bonds. The highest BCUT2D eigenvalue weighted by Gasteiger charge is 2.27. The quantitative estimate of drug-likeness (QED) is 0.654. The lowest BCUT2D eigenvalue weighted by atomic mass is 10.2. The van der Waals surface area contributed by atoms with Crippen LogP contribution in [-0.4, -0.2) is 40.4 Å². The van der Waals surface area contributed by atoms with Gasteiger partial charge in [-0.1, -0.05) is 30.3 Å². The van der Waals surface area contributed by atoms with Gasteiger partial charge in [-0.3, -0.25) is 9.59 Å². The largest absolute Gasteiger partial charge is 0.482 e. The normalized spacial score (nSPS) is 10.8. The van der Waals surface area contributed by atoms with E-state index in [-0.39, 0.29) is 12.3 Å². The number of aromatic nitrogens is 1. The molecule has 0 aliphatic heterocycles. The van der Waals surface area contributed by atoms with E-state index in [9.17, 15) is 24.3 Å². The Morgan fingerprint density at radius 3 is 2.30 bits per heavy atom. The molecule has 0 radical (unpaired) electrons. The molecule has 10 nitrogen and oxygen atoms in total. The maximum atomic E-state index is 12.7. The molecule has 1 aromatic heterocycles. The second-order valence-electron chi connectivity index (χ2n) is 7.19. The number of aromatic carboxylic acids is 1. The van der Waals surface area contributed by atoms with Crippen molar-refractivity contribution in [2.75, 3.05) is 12.5 Å². The van der Waals surface area contributed by atoms with Crippen molar-refractivity contribution in [3.63, 3.8) is 0 Å². The Bertz CT molecular complexity index is 1010. The number of carbonyl (C=O) groups excluding carboxylic acids is 2. The van der Waals surface area contributed by atoms with Crippen LogP contribution < -0.4 is 20.9 Å². The second-order valence-corrected chi connectivity index (χ2v) is 7.19. The van der Waals surface area contributed by atoms with E-state index in [1.807, 2.05) is 0 Å². The van der Waals surface area contributed by atoms with Gasteiger partial charge in [0.2, 0.25) is 5.43 Å². The predicted molar refractivity (Wildman–Crippen MR) is 107 cm³/mol. The van der Waals surface area contributed by atoms with Crippen LogP contribution in [0.15, 0.2) is 41.3 Å². The second kappa shape index (κ2) is 9.12. The van der Waals surface area contributed by atoms with E-state index in [1.54, 1.807) is 51.1 Å². The van der Waals surface area contributed by atoms with E-state index in [1.165, 1.54) is 7.05 Å². The third kappa shape index (κ3) is 5.60. The molecular formula is C20H23N3O7. The first-order valence-corrected chi connectivity index (χ1v) is 8.95. The highest BCUT2D eigenvalue weighted by Crippen LogP contribution is 2.17. The van der Waals surface area contributed by atoms with Crippen LogP contribution in [0.1, 0.15) is 47.2 Å². The third-order valence-corrected chi connectivity index (χ3v) is 3.67. The van der Waals surface area contributed by atoms with Crippen LogP contribution in [0, 0.1) is 0 Å². The molecular weight excluding hydrogens is 394 g/mol. The van der Waals surface area contributed by atoms with Gasteiger partial charge >= 0.3 is 12.1 Å². The minimum Gasteiger partial charge on any atom is -0.482 e. The standard InChI is InChI=1S/C20H23N3O7/c1-20(2,3)30-19(28)22-23-10-13(18(26)27)15(24)16(14(23)17(25)21-4)29-11-12-8-6-5-7-9-12/h5-10H,11H2,1-4H3,(H,21,25)(H,22,28)(H,26,27). The minimum absolute atomic E-state index is 0.102. The van der Waals surface area contributed by atoms with Gasteiger partial charge in [-0.25, -0.2) is 19.7 Å². The van der Waals surface area contributed by atoms with Crippen molar-refractivity contribution in [3.8, 4) is 5.75 Å². The summed E-state index contributed by atoms with van der Waals surface area (Å²) >= 11 is 0. The summed E-state index contributed by atoms with van der Waals surface area (Å²) < 4.78 is 11.5. The smallest absolute Gasteiger partial charge is 0.426 e. The third-order valence-electron chi connectivity index (χ3n) is 3.67. The average molecular weight is 417 g/mol. The zero-order valence-corrected chi connectivity index (χ0v) is 17.0. The molecule has 10 heteroatoms. The number of ether oxygens (including phenoxy) is 2. The fourth-order valence-corrected chi connectivity index (χ4v) is 2.43. The van der Waals surface area contributed by atoms with Crippen LogP contribution in [0.2, 0.25) is 0 Å². The molecule has 3 N–H and O–H groups in total. The molecule has 30 heavy (non-hydrogen) atoms. The van der Waals surface area contributed by atoms with Crippen molar-refractivity contribution in [2.45, 2.75) is 33.0 Å². The van der Waals surface area contributed by atoms with Crippen molar-refractivity contribution < 1.29 is 29.0 Å². The number of carbonyl (C=O) groups is 3. The monoisotopic (exact) mass is 417 g/mol.